The van der Waals surface area contributed by atoms with Gasteiger partial charge in [-0.1, -0.05) is 0 Å². The highest BCUT2D eigenvalue weighted by Crippen LogP contribution is 2.38. The van der Waals surface area contributed by atoms with E-state index in [1.807, 2.05) is 0 Å². The fourth-order valence-electron chi connectivity index (χ4n) is 3.67. The summed E-state index contributed by atoms with van der Waals surface area (Å²) < 4.78 is 32.3. The van der Waals surface area contributed by atoms with Crippen LogP contribution in [0.4, 0.5) is 14.5 Å². The van der Waals surface area contributed by atoms with Crippen LogP contribution in [0.15, 0.2) is 12.1 Å². The number of hydrogen-bond acceptors (Lipinski definition) is 6. The Balaban J connectivity index is 1.53. The number of nitrogens with two attached hydrogens (primary N) is 1. The summed E-state index contributed by atoms with van der Waals surface area (Å²) in [7, 11) is 0. The molecule has 4 N–H and O–H groups in total. The number of carbonyl (C=O) groups excluding carboxylic acids is 3. The Kier molecular flexibility index (Phi) is 4.99. The summed E-state index contributed by atoms with van der Waals surface area (Å²) >= 11 is 0. The number of pyridine rings is 1. The second kappa shape index (κ2) is 7.37. The van der Waals surface area contributed by atoms with Gasteiger partial charge in [-0.25, -0.2) is 13.8 Å². The maximum absolute atomic E-state index is 13.3. The van der Waals surface area contributed by atoms with E-state index >= 15 is 0 Å². The molecule has 2 saturated heterocycles. The van der Waals surface area contributed by atoms with Crippen molar-refractivity contribution in [3.63, 3.8) is 0 Å². The minimum absolute atomic E-state index is 0.0000231. The Bertz CT molecular complexity index is 884. The van der Waals surface area contributed by atoms with E-state index in [-0.39, 0.29) is 36.9 Å². The van der Waals surface area contributed by atoms with Gasteiger partial charge in [-0.3, -0.25) is 14.4 Å². The largest absolute Gasteiger partial charge is 0.476 e. The number of anilines is 1. The highest BCUT2D eigenvalue weighted by atomic mass is 19.3. The molecule has 0 bridgehead atoms. The third kappa shape index (κ3) is 4.44. The number of hydrogen-bond donors (Lipinski definition) is 3. The molecule has 1 aromatic heterocycles. The van der Waals surface area contributed by atoms with Crippen LogP contribution in [0.5, 0.6) is 5.88 Å². The first-order chi connectivity index (χ1) is 14.1. The Morgan fingerprint density at radius 1 is 1.33 bits per heavy atom. The van der Waals surface area contributed by atoms with E-state index < -0.39 is 36.4 Å². The molecular formula is C19H23F2N5O4. The second-order valence-electron chi connectivity index (χ2n) is 8.32. The van der Waals surface area contributed by atoms with Crippen LogP contribution in [0.1, 0.15) is 36.2 Å². The molecule has 2 aliphatic heterocycles. The van der Waals surface area contributed by atoms with Crippen molar-refractivity contribution in [1.29, 1.82) is 0 Å². The lowest BCUT2D eigenvalue weighted by atomic mass is 9.93. The second-order valence-corrected chi connectivity index (χ2v) is 8.32. The van der Waals surface area contributed by atoms with Crippen molar-refractivity contribution in [1.82, 2.24) is 15.6 Å². The number of ether oxygens (including phenoxy) is 1. The van der Waals surface area contributed by atoms with Crippen LogP contribution in [0.25, 0.3) is 0 Å². The van der Waals surface area contributed by atoms with Gasteiger partial charge in [0.1, 0.15) is 11.4 Å². The number of halogens is 2. The molecule has 4 rings (SSSR count). The van der Waals surface area contributed by atoms with Gasteiger partial charge in [-0.15, -0.1) is 0 Å². The van der Waals surface area contributed by atoms with E-state index in [1.54, 1.807) is 0 Å². The number of aromatic nitrogens is 1. The van der Waals surface area contributed by atoms with E-state index in [0.29, 0.717) is 18.2 Å². The maximum atomic E-state index is 13.3. The average Bonchev–Trinajstić information content (AvgIpc) is 3.40. The molecule has 3 aliphatic rings. The van der Waals surface area contributed by atoms with Crippen molar-refractivity contribution in [3.8, 4) is 5.88 Å². The predicted octanol–water partition coefficient (Wildman–Crippen LogP) is 0.190. The topological polar surface area (TPSA) is 127 Å². The summed E-state index contributed by atoms with van der Waals surface area (Å²) in [5.74, 6) is -3.79. The summed E-state index contributed by atoms with van der Waals surface area (Å²) in [5.41, 5.74) is 4.56. The van der Waals surface area contributed by atoms with Crippen molar-refractivity contribution in [2.45, 2.75) is 37.1 Å². The van der Waals surface area contributed by atoms with Gasteiger partial charge in [-0.05, 0) is 30.9 Å². The van der Waals surface area contributed by atoms with Crippen LogP contribution >= 0.6 is 0 Å². The molecule has 3 heterocycles. The van der Waals surface area contributed by atoms with Gasteiger partial charge in [0.05, 0.1) is 38.1 Å². The standard InChI is InChI=1S/C19H23F2N5O4/c20-19(21)9-26(10-19)13-4-3-12(24-17(13)30-7-11-1-2-11)16(29)25-18(5-14(22)27)6-15(28)23-8-18/h3-4,11H,1-2,5-10H2,(H2,22,27)(H,23,28)(H,25,29). The first-order valence-corrected chi connectivity index (χ1v) is 9.79. The van der Waals surface area contributed by atoms with Gasteiger partial charge in [0, 0.05) is 6.54 Å². The molecule has 162 valence electrons. The Labute approximate surface area is 171 Å². The lowest BCUT2D eigenvalue weighted by Crippen LogP contribution is -2.56. The van der Waals surface area contributed by atoms with Crippen LogP contribution in [-0.4, -0.2) is 60.4 Å². The zero-order valence-electron chi connectivity index (χ0n) is 16.2. The first kappa shape index (κ1) is 20.3. The van der Waals surface area contributed by atoms with Gasteiger partial charge in [0.2, 0.25) is 17.7 Å². The van der Waals surface area contributed by atoms with Crippen LogP contribution in [0.3, 0.4) is 0 Å². The minimum atomic E-state index is -2.76. The fraction of sp³-hybridized carbons (Fsp3) is 0.579. The van der Waals surface area contributed by atoms with E-state index in [2.05, 4.69) is 15.6 Å². The molecule has 1 atom stereocenters. The predicted molar refractivity (Wildman–Crippen MR) is 101 cm³/mol. The summed E-state index contributed by atoms with van der Waals surface area (Å²) in [6, 6.07) is 2.94. The third-order valence-electron chi connectivity index (χ3n) is 5.42. The lowest BCUT2D eigenvalue weighted by Gasteiger charge is -2.40. The number of carbonyl (C=O) groups is 3. The molecule has 0 aromatic carbocycles. The van der Waals surface area contributed by atoms with E-state index in [9.17, 15) is 23.2 Å². The van der Waals surface area contributed by atoms with Crippen LogP contribution in [0, 0.1) is 5.92 Å². The van der Waals surface area contributed by atoms with Gasteiger partial charge in [-0.2, -0.15) is 0 Å². The molecular weight excluding hydrogens is 400 g/mol. The highest BCUT2D eigenvalue weighted by Gasteiger charge is 2.45. The molecule has 0 spiro atoms. The van der Waals surface area contributed by atoms with Crippen molar-refractivity contribution >= 4 is 23.4 Å². The Morgan fingerprint density at radius 2 is 2.07 bits per heavy atom. The molecule has 30 heavy (non-hydrogen) atoms. The van der Waals surface area contributed by atoms with Crippen LogP contribution in [-0.2, 0) is 9.59 Å². The maximum Gasteiger partial charge on any atom is 0.282 e. The van der Waals surface area contributed by atoms with Crippen molar-refractivity contribution in [2.24, 2.45) is 11.7 Å². The molecule has 1 aromatic rings. The molecule has 11 heteroatoms. The van der Waals surface area contributed by atoms with Crippen molar-refractivity contribution in [2.75, 3.05) is 31.1 Å². The zero-order chi connectivity index (χ0) is 21.5. The first-order valence-electron chi connectivity index (χ1n) is 9.79. The number of primary amides is 1. The Hall–Kier alpha value is -2.98. The molecule has 9 nitrogen and oxygen atoms in total. The van der Waals surface area contributed by atoms with E-state index in [4.69, 9.17) is 10.5 Å². The summed E-state index contributed by atoms with van der Waals surface area (Å²) in [6.45, 7) is -0.392. The quantitative estimate of drug-likeness (QED) is 0.548. The van der Waals surface area contributed by atoms with Crippen molar-refractivity contribution in [3.05, 3.63) is 17.8 Å². The highest BCUT2D eigenvalue weighted by molar-refractivity contribution is 5.95. The normalized spacial score (nSPS) is 24.7. The van der Waals surface area contributed by atoms with Crippen LogP contribution < -0.4 is 26.0 Å². The SMILES string of the molecule is NC(=O)CC1(NC(=O)c2ccc(N3CC(F)(F)C3)c(OCC3CC3)n2)CNC(=O)C1. The number of nitrogens with zero attached hydrogens (tertiary/aromatic N) is 2. The average molecular weight is 423 g/mol. The van der Waals surface area contributed by atoms with Gasteiger partial charge >= 0.3 is 0 Å². The van der Waals surface area contributed by atoms with E-state index in [0.717, 1.165) is 12.8 Å². The number of alkyl halides is 2. The molecule has 1 saturated carbocycles. The van der Waals surface area contributed by atoms with Gasteiger partial charge in [0.25, 0.3) is 11.8 Å². The monoisotopic (exact) mass is 423 g/mol. The molecule has 3 amide bonds. The Morgan fingerprint density at radius 3 is 2.63 bits per heavy atom. The minimum Gasteiger partial charge on any atom is -0.476 e. The molecule has 3 fully saturated rings. The lowest BCUT2D eigenvalue weighted by molar-refractivity contribution is -0.120. The van der Waals surface area contributed by atoms with Gasteiger partial charge in [0.15, 0.2) is 0 Å². The molecule has 1 unspecified atom stereocenters. The van der Waals surface area contributed by atoms with E-state index in [1.165, 1.54) is 17.0 Å². The molecule has 1 aliphatic carbocycles. The number of nitrogens with one attached hydrogen (secondary N) is 2. The summed E-state index contributed by atoms with van der Waals surface area (Å²) in [5, 5.41) is 5.28. The third-order valence-corrected chi connectivity index (χ3v) is 5.42. The summed E-state index contributed by atoms with van der Waals surface area (Å²) in [4.78, 5) is 41.6. The number of amides is 3. The van der Waals surface area contributed by atoms with Gasteiger partial charge < -0.3 is 26.0 Å². The fourth-order valence-corrected chi connectivity index (χ4v) is 3.67. The molecule has 0 radical (unpaired) electrons. The number of rotatable bonds is 8. The van der Waals surface area contributed by atoms with Crippen LogP contribution in [0.2, 0.25) is 0 Å². The zero-order valence-corrected chi connectivity index (χ0v) is 16.2. The smallest absolute Gasteiger partial charge is 0.282 e. The van der Waals surface area contributed by atoms with Crippen molar-refractivity contribution < 1.29 is 27.9 Å². The summed E-state index contributed by atoms with van der Waals surface area (Å²) in [6.07, 6.45) is 1.79.